The van der Waals surface area contributed by atoms with Crippen LogP contribution < -0.4 is 4.90 Å². The molecule has 1 amide bonds. The summed E-state index contributed by atoms with van der Waals surface area (Å²) in [7, 11) is 0. The summed E-state index contributed by atoms with van der Waals surface area (Å²) in [5.41, 5.74) is 2.07. The van der Waals surface area contributed by atoms with Crippen LogP contribution in [0.2, 0.25) is 0 Å². The summed E-state index contributed by atoms with van der Waals surface area (Å²) in [5.74, 6) is -0.927. The maximum absolute atomic E-state index is 13.0. The fourth-order valence-electron chi connectivity index (χ4n) is 3.90. The van der Waals surface area contributed by atoms with Crippen LogP contribution in [0.3, 0.4) is 0 Å². The Kier molecular flexibility index (Phi) is 3.80. The Balaban J connectivity index is 1.37. The first-order chi connectivity index (χ1) is 13.6. The Bertz CT molecular complexity index is 1140. The van der Waals surface area contributed by atoms with Crippen LogP contribution in [-0.4, -0.2) is 34.1 Å². The van der Waals surface area contributed by atoms with Gasteiger partial charge < -0.3 is 9.72 Å². The Morgan fingerprint density at radius 2 is 1.93 bits per heavy atom. The first-order valence-electron chi connectivity index (χ1n) is 8.98. The fourth-order valence-corrected chi connectivity index (χ4v) is 5.31. The predicted octanol–water partition coefficient (Wildman–Crippen LogP) is 3.52. The Morgan fingerprint density at radius 3 is 2.82 bits per heavy atom. The molecule has 3 heterocycles. The molecule has 2 aliphatic heterocycles. The zero-order valence-corrected chi connectivity index (χ0v) is 15.6. The number of H-pyrrole nitrogens is 1. The van der Waals surface area contributed by atoms with Gasteiger partial charge in [-0.25, -0.2) is 4.79 Å². The predicted molar refractivity (Wildman–Crippen MR) is 105 cm³/mol. The molecule has 6 nitrogen and oxygen atoms in total. The number of Topliss-reactive ketones (excluding diaryl/α,β-unsaturated/α-hetero) is 1. The van der Waals surface area contributed by atoms with Crippen molar-refractivity contribution in [3.63, 3.8) is 0 Å². The monoisotopic (exact) mass is 392 g/mol. The number of thioether (sulfide) groups is 1. The molecule has 1 aromatic heterocycles. The number of hydrogen-bond acceptors (Lipinski definition) is 5. The third-order valence-electron chi connectivity index (χ3n) is 5.22. The molecule has 3 aromatic rings. The van der Waals surface area contributed by atoms with Gasteiger partial charge in [-0.2, -0.15) is 0 Å². The molecule has 28 heavy (non-hydrogen) atoms. The van der Waals surface area contributed by atoms with Gasteiger partial charge in [0.25, 0.3) is 0 Å². The van der Waals surface area contributed by atoms with E-state index in [-0.39, 0.29) is 24.7 Å². The lowest BCUT2D eigenvalue weighted by Crippen LogP contribution is -2.48. The highest BCUT2D eigenvalue weighted by atomic mass is 32.2. The van der Waals surface area contributed by atoms with Crippen molar-refractivity contribution >= 4 is 46.0 Å². The van der Waals surface area contributed by atoms with Crippen LogP contribution >= 0.6 is 11.8 Å². The number of nitrogens with one attached hydrogen (secondary N) is 1. The minimum absolute atomic E-state index is 0.0997. The largest absolute Gasteiger partial charge is 0.455 e. The van der Waals surface area contributed by atoms with Crippen LogP contribution in [0.15, 0.2) is 59.6 Å². The first kappa shape index (κ1) is 17.1. The van der Waals surface area contributed by atoms with E-state index in [0.29, 0.717) is 12.0 Å². The lowest BCUT2D eigenvalue weighted by atomic mass is 10.1. The van der Waals surface area contributed by atoms with Gasteiger partial charge in [-0.1, -0.05) is 42.1 Å². The molecule has 5 rings (SSSR count). The molecule has 0 radical (unpaired) electrons. The number of rotatable bonds is 4. The second-order valence-corrected chi connectivity index (χ2v) is 8.15. The van der Waals surface area contributed by atoms with Gasteiger partial charge >= 0.3 is 5.97 Å². The number of ether oxygens (including phenoxy) is 1. The number of hydrogen-bond donors (Lipinski definition) is 1. The topological polar surface area (TPSA) is 79.5 Å². The van der Waals surface area contributed by atoms with E-state index in [9.17, 15) is 14.4 Å². The fraction of sp³-hybridized carbons (Fsp3) is 0.190. The van der Waals surface area contributed by atoms with Crippen molar-refractivity contribution in [2.24, 2.45) is 0 Å². The number of amides is 1. The average molecular weight is 392 g/mol. The van der Waals surface area contributed by atoms with Gasteiger partial charge in [0.2, 0.25) is 11.7 Å². The third-order valence-corrected chi connectivity index (χ3v) is 6.67. The molecule has 2 aliphatic rings. The zero-order chi connectivity index (χ0) is 19.3. The molecular formula is C21H16N2O4S. The molecule has 1 unspecified atom stereocenters. The Hall–Kier alpha value is -3.06. The molecule has 1 fully saturated rings. The van der Waals surface area contributed by atoms with Crippen molar-refractivity contribution in [3.05, 3.63) is 60.3 Å². The summed E-state index contributed by atoms with van der Waals surface area (Å²) < 4.78 is 5.43. The number of esters is 1. The van der Waals surface area contributed by atoms with Crippen molar-refractivity contribution in [3.8, 4) is 0 Å². The molecule has 0 spiro atoms. The minimum Gasteiger partial charge on any atom is -0.455 e. The van der Waals surface area contributed by atoms with E-state index in [1.807, 2.05) is 48.5 Å². The van der Waals surface area contributed by atoms with E-state index >= 15 is 0 Å². The standard InChI is InChI=1S/C21H16N2O4S/c24-17(14-11-22-15-6-2-1-5-13(14)15)12-27-20(26)21-10-9-19(25)23(21)16-7-3-4-8-18(16)28-21/h1-8,11,22H,9-10,12H2. The molecule has 0 aliphatic carbocycles. The maximum Gasteiger partial charge on any atom is 0.343 e. The van der Waals surface area contributed by atoms with Crippen LogP contribution in [0.4, 0.5) is 5.69 Å². The summed E-state index contributed by atoms with van der Waals surface area (Å²) in [6.45, 7) is -0.360. The van der Waals surface area contributed by atoms with E-state index in [1.54, 1.807) is 6.20 Å². The van der Waals surface area contributed by atoms with E-state index in [4.69, 9.17) is 4.74 Å². The molecule has 0 saturated carbocycles. The second-order valence-electron chi connectivity index (χ2n) is 6.83. The van der Waals surface area contributed by atoms with Crippen molar-refractivity contribution in [2.45, 2.75) is 22.6 Å². The molecular weight excluding hydrogens is 376 g/mol. The lowest BCUT2D eigenvalue weighted by molar-refractivity contribution is -0.145. The molecule has 7 heteroatoms. The van der Waals surface area contributed by atoms with Gasteiger partial charge in [-0.3, -0.25) is 14.5 Å². The zero-order valence-electron chi connectivity index (χ0n) is 14.8. The van der Waals surface area contributed by atoms with Crippen LogP contribution in [0.5, 0.6) is 0 Å². The van der Waals surface area contributed by atoms with Gasteiger partial charge in [0.05, 0.1) is 5.69 Å². The summed E-state index contributed by atoms with van der Waals surface area (Å²) in [6, 6.07) is 14.9. The van der Waals surface area contributed by atoms with Gasteiger partial charge in [-0.05, 0) is 18.2 Å². The van der Waals surface area contributed by atoms with Crippen LogP contribution in [-0.2, 0) is 14.3 Å². The summed E-state index contributed by atoms with van der Waals surface area (Å²) in [5, 5.41) is 0.794. The highest BCUT2D eigenvalue weighted by molar-refractivity contribution is 8.02. The van der Waals surface area contributed by atoms with E-state index < -0.39 is 10.8 Å². The van der Waals surface area contributed by atoms with Crippen LogP contribution in [0, 0.1) is 0 Å². The smallest absolute Gasteiger partial charge is 0.343 e. The van der Waals surface area contributed by atoms with Crippen molar-refractivity contribution in [1.29, 1.82) is 0 Å². The van der Waals surface area contributed by atoms with Gasteiger partial charge in [-0.15, -0.1) is 0 Å². The number of ketones is 1. The summed E-state index contributed by atoms with van der Waals surface area (Å²) >= 11 is 1.33. The average Bonchev–Trinajstić information content (AvgIpc) is 3.38. The SMILES string of the molecule is O=C(COC(=O)C12CCC(=O)N1c1ccccc1S2)c1c[nH]c2ccccc12. The van der Waals surface area contributed by atoms with Gasteiger partial charge in [0.15, 0.2) is 11.5 Å². The summed E-state index contributed by atoms with van der Waals surface area (Å²) in [6.07, 6.45) is 2.28. The second kappa shape index (κ2) is 6.24. The van der Waals surface area contributed by atoms with E-state index in [2.05, 4.69) is 4.98 Å². The van der Waals surface area contributed by atoms with Crippen molar-refractivity contribution < 1.29 is 19.1 Å². The minimum atomic E-state index is -1.11. The van der Waals surface area contributed by atoms with Crippen molar-refractivity contribution in [2.75, 3.05) is 11.5 Å². The molecule has 1 atom stereocenters. The molecule has 1 saturated heterocycles. The maximum atomic E-state index is 13.0. The number of aromatic amines is 1. The third kappa shape index (κ3) is 2.39. The normalized spacial score (nSPS) is 20.3. The number of carbonyl (C=O) groups excluding carboxylic acids is 3. The Morgan fingerprint density at radius 1 is 1.14 bits per heavy atom. The highest BCUT2D eigenvalue weighted by Gasteiger charge is 2.58. The number of carbonyl (C=O) groups is 3. The number of para-hydroxylation sites is 2. The van der Waals surface area contributed by atoms with Crippen LogP contribution in [0.1, 0.15) is 23.2 Å². The lowest BCUT2D eigenvalue weighted by Gasteiger charge is -2.28. The number of anilines is 1. The van der Waals surface area contributed by atoms with Gasteiger partial charge in [0.1, 0.15) is 0 Å². The number of aromatic nitrogens is 1. The van der Waals surface area contributed by atoms with Crippen molar-refractivity contribution in [1.82, 2.24) is 4.98 Å². The number of fused-ring (bicyclic) bond motifs is 4. The summed E-state index contributed by atoms with van der Waals surface area (Å²) in [4.78, 5) is 42.4. The van der Waals surface area contributed by atoms with E-state index in [0.717, 1.165) is 21.5 Å². The molecule has 1 N–H and O–H groups in total. The molecule has 140 valence electrons. The van der Waals surface area contributed by atoms with Crippen LogP contribution in [0.25, 0.3) is 10.9 Å². The molecule has 0 bridgehead atoms. The Labute approximate surface area is 164 Å². The number of nitrogens with zero attached hydrogens (tertiary/aromatic N) is 1. The quantitative estimate of drug-likeness (QED) is 0.543. The molecule has 2 aromatic carbocycles. The van der Waals surface area contributed by atoms with E-state index in [1.165, 1.54) is 16.7 Å². The van der Waals surface area contributed by atoms with Gasteiger partial charge in [0, 0.05) is 40.4 Å². The highest BCUT2D eigenvalue weighted by Crippen LogP contribution is 2.56. The number of benzene rings is 2. The first-order valence-corrected chi connectivity index (χ1v) is 9.79.